The van der Waals surface area contributed by atoms with E-state index < -0.39 is 23.4 Å². The lowest BCUT2D eigenvalue weighted by molar-refractivity contribution is -0.142. The fraction of sp³-hybridized carbons (Fsp3) is 0.667. The average molecular weight is 196 g/mol. The Kier molecular flexibility index (Phi) is 1.68. The van der Waals surface area contributed by atoms with Crippen LogP contribution in [-0.2, 0) is 9.59 Å². The van der Waals surface area contributed by atoms with Gasteiger partial charge in [-0.3, -0.25) is 14.9 Å². The highest BCUT2D eigenvalue weighted by Crippen LogP contribution is 2.43. The van der Waals surface area contributed by atoms with Gasteiger partial charge in [0.1, 0.15) is 0 Å². The molecule has 2 fully saturated rings. The van der Waals surface area contributed by atoms with Crippen LogP contribution in [0.1, 0.15) is 26.7 Å². The van der Waals surface area contributed by atoms with Gasteiger partial charge in [0.2, 0.25) is 0 Å². The summed E-state index contributed by atoms with van der Waals surface area (Å²) in [6.45, 7) is 3.64. The molecule has 1 aliphatic heterocycles. The van der Waals surface area contributed by atoms with Crippen molar-refractivity contribution in [3.05, 3.63) is 0 Å². The lowest BCUT2D eigenvalue weighted by Gasteiger charge is -2.32. The predicted molar refractivity (Wildman–Crippen MR) is 47.2 cm³/mol. The Morgan fingerprint density at radius 2 is 1.86 bits per heavy atom. The summed E-state index contributed by atoms with van der Waals surface area (Å²) in [5.41, 5.74) is -0.534. The number of rotatable bonds is 2. The van der Waals surface area contributed by atoms with Crippen LogP contribution in [0.4, 0.5) is 4.79 Å². The first-order chi connectivity index (χ1) is 6.44. The third-order valence-corrected chi connectivity index (χ3v) is 2.97. The molecular formula is C9H12N2O3. The molecule has 0 aromatic carbocycles. The summed E-state index contributed by atoms with van der Waals surface area (Å²) in [4.78, 5) is 34.7. The highest BCUT2D eigenvalue weighted by Gasteiger charge is 2.51. The minimum absolute atomic E-state index is 0.336. The molecule has 4 amide bonds. The summed E-state index contributed by atoms with van der Waals surface area (Å²) in [6, 6.07) is -0.586. The van der Waals surface area contributed by atoms with E-state index in [0.29, 0.717) is 5.92 Å². The minimum Gasteiger partial charge on any atom is -0.269 e. The maximum absolute atomic E-state index is 11.4. The highest BCUT2D eigenvalue weighted by molar-refractivity contribution is 6.45. The summed E-state index contributed by atoms with van der Waals surface area (Å²) in [5, 5.41) is 2.00. The van der Waals surface area contributed by atoms with Crippen LogP contribution >= 0.6 is 0 Å². The lowest BCUT2D eigenvalue weighted by atomic mass is 9.96. The van der Waals surface area contributed by atoms with E-state index in [4.69, 9.17) is 0 Å². The fourth-order valence-electron chi connectivity index (χ4n) is 1.90. The van der Waals surface area contributed by atoms with Crippen LogP contribution in [-0.4, -0.2) is 28.3 Å². The van der Waals surface area contributed by atoms with E-state index in [2.05, 4.69) is 0 Å². The number of carbonyl (C=O) groups excluding carboxylic acids is 3. The first-order valence-electron chi connectivity index (χ1n) is 4.64. The second-order valence-electron chi connectivity index (χ2n) is 4.33. The van der Waals surface area contributed by atoms with Crippen molar-refractivity contribution in [2.45, 2.75) is 32.2 Å². The molecular weight excluding hydrogens is 184 g/mol. The monoisotopic (exact) mass is 196 g/mol. The van der Waals surface area contributed by atoms with Gasteiger partial charge in [0.15, 0.2) is 0 Å². The summed E-state index contributed by atoms with van der Waals surface area (Å²) in [5.74, 6) is -1.21. The van der Waals surface area contributed by atoms with Crippen LogP contribution in [0, 0.1) is 5.92 Å². The zero-order chi connectivity index (χ0) is 10.5. The van der Waals surface area contributed by atoms with Crippen LogP contribution in [0.2, 0.25) is 0 Å². The number of nitrogens with one attached hydrogen (secondary N) is 1. The number of nitrogens with zero attached hydrogens (tertiary/aromatic N) is 1. The van der Waals surface area contributed by atoms with E-state index in [1.165, 1.54) is 0 Å². The average Bonchev–Trinajstić information content (AvgIpc) is 2.81. The number of hydrogen-bond donors (Lipinski definition) is 1. The first-order valence-corrected chi connectivity index (χ1v) is 4.64. The summed E-state index contributed by atoms with van der Waals surface area (Å²) in [6.07, 6.45) is 2.02. The molecule has 0 spiro atoms. The van der Waals surface area contributed by atoms with Crippen molar-refractivity contribution in [1.29, 1.82) is 0 Å². The minimum atomic E-state index is -0.816. The molecule has 76 valence electrons. The number of carbonyl (C=O) groups is 3. The van der Waals surface area contributed by atoms with Crippen molar-refractivity contribution in [2.75, 3.05) is 0 Å². The van der Waals surface area contributed by atoms with E-state index in [1.54, 1.807) is 0 Å². The van der Waals surface area contributed by atoms with E-state index in [9.17, 15) is 14.4 Å². The number of amides is 4. The Balaban J connectivity index is 2.28. The Morgan fingerprint density at radius 1 is 1.29 bits per heavy atom. The van der Waals surface area contributed by atoms with Gasteiger partial charge in [-0.25, -0.2) is 9.69 Å². The summed E-state index contributed by atoms with van der Waals surface area (Å²) >= 11 is 0. The quantitative estimate of drug-likeness (QED) is 0.508. The van der Waals surface area contributed by atoms with Crippen LogP contribution in [0.3, 0.4) is 0 Å². The molecule has 14 heavy (non-hydrogen) atoms. The summed E-state index contributed by atoms with van der Waals surface area (Å²) < 4.78 is 0. The van der Waals surface area contributed by atoms with E-state index in [0.717, 1.165) is 17.7 Å². The second-order valence-corrected chi connectivity index (χ2v) is 4.33. The van der Waals surface area contributed by atoms with Crippen LogP contribution in [0.15, 0.2) is 0 Å². The zero-order valence-corrected chi connectivity index (χ0v) is 8.16. The van der Waals surface area contributed by atoms with Gasteiger partial charge < -0.3 is 0 Å². The van der Waals surface area contributed by atoms with Gasteiger partial charge in [0, 0.05) is 0 Å². The number of urea groups is 1. The Hall–Kier alpha value is -1.39. The van der Waals surface area contributed by atoms with Gasteiger partial charge in [-0.2, -0.15) is 0 Å². The first kappa shape index (κ1) is 9.18. The standard InChI is InChI=1S/C9H12N2O3/c1-9(2,5-3-4-5)11-7(13)6(12)10-8(11)14/h5H,3-4H2,1-2H3,(H,10,12,14). The molecule has 0 aromatic rings. The molecule has 5 nitrogen and oxygen atoms in total. The molecule has 5 heteroatoms. The predicted octanol–water partition coefficient (Wildman–Crippen LogP) is 0.253. The van der Waals surface area contributed by atoms with Crippen LogP contribution in [0.5, 0.6) is 0 Å². The maximum atomic E-state index is 11.4. The molecule has 2 aliphatic rings. The third-order valence-electron chi connectivity index (χ3n) is 2.97. The molecule has 1 heterocycles. The van der Waals surface area contributed by atoms with E-state index >= 15 is 0 Å². The van der Waals surface area contributed by atoms with Crippen molar-refractivity contribution in [1.82, 2.24) is 10.2 Å². The Morgan fingerprint density at radius 3 is 2.21 bits per heavy atom. The van der Waals surface area contributed by atoms with Gasteiger partial charge in [-0.15, -0.1) is 0 Å². The lowest BCUT2D eigenvalue weighted by Crippen LogP contribution is -2.49. The van der Waals surface area contributed by atoms with Crippen molar-refractivity contribution < 1.29 is 14.4 Å². The zero-order valence-electron chi connectivity index (χ0n) is 8.16. The molecule has 1 saturated heterocycles. The van der Waals surface area contributed by atoms with Crippen molar-refractivity contribution in [2.24, 2.45) is 5.92 Å². The molecule has 0 radical (unpaired) electrons. The van der Waals surface area contributed by atoms with Crippen molar-refractivity contribution >= 4 is 17.8 Å². The van der Waals surface area contributed by atoms with E-state index in [1.807, 2.05) is 19.2 Å². The van der Waals surface area contributed by atoms with E-state index in [-0.39, 0.29) is 0 Å². The normalized spacial score (nSPS) is 23.0. The van der Waals surface area contributed by atoms with Gasteiger partial charge in [-0.05, 0) is 32.6 Å². The van der Waals surface area contributed by atoms with Gasteiger partial charge in [0.25, 0.3) is 0 Å². The van der Waals surface area contributed by atoms with Gasteiger partial charge in [-0.1, -0.05) is 0 Å². The van der Waals surface area contributed by atoms with Crippen LogP contribution in [0.25, 0.3) is 0 Å². The third kappa shape index (κ3) is 1.12. The molecule has 0 atom stereocenters. The smallest absolute Gasteiger partial charge is 0.269 e. The Labute approximate surface area is 81.4 Å². The highest BCUT2D eigenvalue weighted by atomic mass is 16.2. The fourth-order valence-corrected chi connectivity index (χ4v) is 1.90. The number of imide groups is 2. The number of hydrogen-bond acceptors (Lipinski definition) is 3. The SMILES string of the molecule is CC(C)(C1CC1)N1C(=O)NC(=O)C1=O. The molecule has 0 unspecified atom stereocenters. The van der Waals surface area contributed by atoms with Gasteiger partial charge in [0.05, 0.1) is 5.54 Å². The topological polar surface area (TPSA) is 66.5 Å². The molecule has 0 bridgehead atoms. The van der Waals surface area contributed by atoms with Crippen molar-refractivity contribution in [3.8, 4) is 0 Å². The molecule has 2 rings (SSSR count). The molecule has 1 aliphatic carbocycles. The van der Waals surface area contributed by atoms with Crippen LogP contribution < -0.4 is 5.32 Å². The largest absolute Gasteiger partial charge is 0.332 e. The molecule has 0 aromatic heterocycles. The summed E-state index contributed by atoms with van der Waals surface area (Å²) in [7, 11) is 0. The Bertz CT molecular complexity index is 331. The maximum Gasteiger partial charge on any atom is 0.332 e. The molecule has 1 saturated carbocycles. The molecule has 1 N–H and O–H groups in total. The second kappa shape index (κ2) is 2.56. The van der Waals surface area contributed by atoms with Gasteiger partial charge >= 0.3 is 17.8 Å². The van der Waals surface area contributed by atoms with Crippen molar-refractivity contribution in [3.63, 3.8) is 0 Å².